The topological polar surface area (TPSA) is 54.4 Å². The van der Waals surface area contributed by atoms with Gasteiger partial charge >= 0.3 is 0 Å². The predicted molar refractivity (Wildman–Crippen MR) is 175 cm³/mol. The number of methoxy groups -OCH3 is 1. The van der Waals surface area contributed by atoms with Crippen molar-refractivity contribution < 1.29 is 19.3 Å². The molecule has 7 atom stereocenters. The zero-order chi connectivity index (χ0) is 30.4. The molecule has 1 aromatic carbocycles. The lowest BCUT2D eigenvalue weighted by molar-refractivity contribution is -0.233. The molecule has 3 saturated carbocycles. The van der Waals surface area contributed by atoms with E-state index in [2.05, 4.69) is 54.0 Å². The van der Waals surface area contributed by atoms with Crippen LogP contribution in [0.5, 0.6) is 5.75 Å². The lowest BCUT2D eigenvalue weighted by Gasteiger charge is -2.63. The highest BCUT2D eigenvalue weighted by molar-refractivity contribution is 5.38. The summed E-state index contributed by atoms with van der Waals surface area (Å²) in [7, 11) is 1.73. The summed E-state index contributed by atoms with van der Waals surface area (Å²) in [5, 5.41) is 13.1. The average molecular weight is 607 g/mol. The second-order valence-electron chi connectivity index (χ2n) is 15.6. The number of aliphatic hydroxyl groups is 1. The maximum Gasteiger partial charge on any atom is 0.118 e. The van der Waals surface area contributed by atoms with E-state index in [9.17, 15) is 5.11 Å². The summed E-state index contributed by atoms with van der Waals surface area (Å²) < 4.78 is 19.2. The Morgan fingerprint density at radius 3 is 2.18 bits per heavy atom. The molecule has 1 aromatic rings. The van der Waals surface area contributed by atoms with E-state index in [-0.39, 0.29) is 16.7 Å². The summed E-state index contributed by atoms with van der Waals surface area (Å²) in [5.41, 5.74) is 1.39. The Balaban J connectivity index is 1.11. The van der Waals surface area contributed by atoms with Gasteiger partial charge in [-0.05, 0) is 138 Å². The van der Waals surface area contributed by atoms with E-state index in [0.29, 0.717) is 18.6 Å². The molecule has 4 aliphatic carbocycles. The largest absolute Gasteiger partial charge is 0.497 e. The molecule has 0 spiro atoms. The zero-order valence-electron chi connectivity index (χ0n) is 27.8. The van der Waals surface area contributed by atoms with Gasteiger partial charge in [0.25, 0.3) is 0 Å². The molecular formula is C38H58N2O4. The van der Waals surface area contributed by atoms with Crippen LogP contribution in [0.1, 0.15) is 96.5 Å². The predicted octanol–water partition coefficient (Wildman–Crippen LogP) is 6.56. The van der Waals surface area contributed by atoms with E-state index >= 15 is 0 Å². The van der Waals surface area contributed by atoms with Crippen molar-refractivity contribution in [2.75, 3.05) is 59.6 Å². The summed E-state index contributed by atoms with van der Waals surface area (Å²) in [4.78, 5) is 5.10. The lowest BCUT2D eigenvalue weighted by Crippen LogP contribution is -2.63. The monoisotopic (exact) mass is 606 g/mol. The Morgan fingerprint density at radius 2 is 1.50 bits per heavy atom. The van der Waals surface area contributed by atoms with Gasteiger partial charge in [-0.2, -0.15) is 0 Å². The van der Waals surface area contributed by atoms with Gasteiger partial charge in [-0.15, -0.1) is 0 Å². The van der Waals surface area contributed by atoms with Gasteiger partial charge in [0.1, 0.15) is 11.4 Å². The Labute approximate surface area is 266 Å². The molecule has 0 amide bonds. The maximum absolute atomic E-state index is 13.1. The Bertz CT molecular complexity index is 1180. The van der Waals surface area contributed by atoms with Crippen LogP contribution in [0.4, 0.5) is 0 Å². The normalized spacial score (nSPS) is 40.8. The molecule has 0 radical (unpaired) electrons. The molecule has 6 nitrogen and oxygen atoms in total. The molecule has 244 valence electrons. The van der Waals surface area contributed by atoms with Gasteiger partial charge < -0.3 is 29.1 Å². The second-order valence-corrected chi connectivity index (χ2v) is 15.6. The van der Waals surface area contributed by atoms with Gasteiger partial charge in [-0.3, -0.25) is 0 Å². The van der Waals surface area contributed by atoms with Crippen LogP contribution in [0.25, 0.3) is 0 Å². The summed E-state index contributed by atoms with van der Waals surface area (Å²) in [6.45, 7) is 13.4. The number of benzene rings is 1. The van der Waals surface area contributed by atoms with E-state index in [1.54, 1.807) is 12.7 Å². The number of hydrogen-bond acceptors (Lipinski definition) is 6. The van der Waals surface area contributed by atoms with Gasteiger partial charge in [-0.25, -0.2) is 0 Å². The Kier molecular flexibility index (Phi) is 8.71. The zero-order valence-corrected chi connectivity index (χ0v) is 27.8. The number of fused-ring (bicyclic) bond motifs is 5. The Morgan fingerprint density at radius 1 is 0.818 bits per heavy atom. The van der Waals surface area contributed by atoms with E-state index in [0.717, 1.165) is 70.4 Å². The van der Waals surface area contributed by atoms with Crippen molar-refractivity contribution in [1.29, 1.82) is 0 Å². The molecule has 0 aromatic heterocycles. The molecule has 2 aliphatic heterocycles. The molecule has 5 fully saturated rings. The number of nitrogens with zero attached hydrogens (tertiary/aromatic N) is 2. The minimum absolute atomic E-state index is 0.163. The van der Waals surface area contributed by atoms with Crippen molar-refractivity contribution in [2.24, 2.45) is 22.7 Å². The van der Waals surface area contributed by atoms with Crippen molar-refractivity contribution in [3.8, 4) is 5.75 Å². The highest BCUT2D eigenvalue weighted by Crippen LogP contribution is 2.71. The van der Waals surface area contributed by atoms with Crippen LogP contribution in [0, 0.1) is 22.7 Å². The average Bonchev–Trinajstić information content (AvgIpc) is 3.80. The van der Waals surface area contributed by atoms with Gasteiger partial charge in [0.15, 0.2) is 0 Å². The van der Waals surface area contributed by atoms with Crippen LogP contribution < -0.4 is 4.74 Å². The first-order chi connectivity index (χ1) is 21.3. The second kappa shape index (κ2) is 12.3. The molecule has 2 saturated heterocycles. The van der Waals surface area contributed by atoms with Crippen LogP contribution in [0.2, 0.25) is 0 Å². The molecule has 44 heavy (non-hydrogen) atoms. The number of rotatable bonds is 10. The first kappa shape index (κ1) is 31.2. The number of hydrogen-bond donors (Lipinski definition) is 1. The summed E-state index contributed by atoms with van der Waals surface area (Å²) in [6, 6.07) is 8.58. The standard InChI is InChI=1S/C38H58N2O4/c1-35-16-14-32(43-26-24-39-20-4-5-21-39)28-30(35)10-13-34-33(35)15-17-36(2)37(34,41)18-19-38(36,29-8-11-31(42-3)12-9-29)44-27-25-40-22-6-7-23-40/h8-12,32-34,41H,4-7,13-28H2,1-3H3/t32?,33-,34-,35+,36+,37-,38?/m1/s1. The third kappa shape index (κ3) is 5.10. The van der Waals surface area contributed by atoms with Crippen molar-refractivity contribution in [3.63, 3.8) is 0 Å². The van der Waals surface area contributed by atoms with E-state index in [1.807, 2.05) is 0 Å². The molecule has 2 unspecified atom stereocenters. The van der Waals surface area contributed by atoms with Gasteiger partial charge in [-0.1, -0.05) is 37.6 Å². The number of allylic oxidation sites excluding steroid dienone is 1. The highest BCUT2D eigenvalue weighted by Gasteiger charge is 2.72. The Hall–Kier alpha value is -1.44. The van der Waals surface area contributed by atoms with E-state index < -0.39 is 11.2 Å². The molecular weight excluding hydrogens is 548 g/mol. The van der Waals surface area contributed by atoms with Gasteiger partial charge in [0.2, 0.25) is 0 Å². The van der Waals surface area contributed by atoms with Crippen LogP contribution >= 0.6 is 0 Å². The first-order valence-electron chi connectivity index (χ1n) is 18.1. The molecule has 6 aliphatic rings. The van der Waals surface area contributed by atoms with Crippen LogP contribution in [0.3, 0.4) is 0 Å². The fraction of sp³-hybridized carbons (Fsp3) is 0.789. The van der Waals surface area contributed by atoms with Crippen molar-refractivity contribution in [1.82, 2.24) is 9.80 Å². The highest BCUT2D eigenvalue weighted by atomic mass is 16.5. The molecule has 7 rings (SSSR count). The number of ether oxygens (including phenoxy) is 3. The first-order valence-corrected chi connectivity index (χ1v) is 18.1. The molecule has 0 bridgehead atoms. The summed E-state index contributed by atoms with van der Waals surface area (Å²) >= 11 is 0. The van der Waals surface area contributed by atoms with Crippen LogP contribution in [0.15, 0.2) is 35.9 Å². The quantitative estimate of drug-likeness (QED) is 0.305. The third-order valence-electron chi connectivity index (χ3n) is 13.8. The SMILES string of the molecule is COc1ccc(C2(OCCN3CCCC3)CC[C@@]3(O)[C@@H]4CC=C5CC(OCCN6CCCC6)CC[C@]5(C)[C@@H]4CC[C@]23C)cc1. The van der Waals surface area contributed by atoms with Gasteiger partial charge in [0.05, 0.1) is 32.0 Å². The minimum atomic E-state index is -0.752. The number of likely N-dealkylation sites (tertiary alicyclic amines) is 2. The van der Waals surface area contributed by atoms with Crippen molar-refractivity contribution >= 4 is 0 Å². The van der Waals surface area contributed by atoms with Gasteiger partial charge in [0, 0.05) is 18.5 Å². The fourth-order valence-corrected chi connectivity index (χ4v) is 11.1. The molecule has 2 heterocycles. The van der Waals surface area contributed by atoms with Crippen LogP contribution in [-0.4, -0.2) is 86.2 Å². The molecule has 6 heteroatoms. The summed E-state index contributed by atoms with van der Waals surface area (Å²) in [6.07, 6.45) is 16.4. The molecule has 1 N–H and O–H groups in total. The maximum atomic E-state index is 13.1. The minimum Gasteiger partial charge on any atom is -0.497 e. The van der Waals surface area contributed by atoms with E-state index in [4.69, 9.17) is 14.2 Å². The lowest BCUT2D eigenvalue weighted by atomic mass is 9.45. The smallest absolute Gasteiger partial charge is 0.118 e. The van der Waals surface area contributed by atoms with Crippen molar-refractivity contribution in [2.45, 2.75) is 108 Å². The van der Waals surface area contributed by atoms with Crippen molar-refractivity contribution in [3.05, 3.63) is 41.5 Å². The fourth-order valence-electron chi connectivity index (χ4n) is 11.1. The van der Waals surface area contributed by atoms with E-state index in [1.165, 1.54) is 63.8 Å². The summed E-state index contributed by atoms with van der Waals surface area (Å²) in [5.74, 6) is 1.66. The van der Waals surface area contributed by atoms with Crippen LogP contribution in [-0.2, 0) is 15.1 Å². The third-order valence-corrected chi connectivity index (χ3v) is 13.8.